The standard InChI is InChI=1S/C15H19N3O2S3/c1-12-10-21-15(17-12)22-11-13-4-7-18(8-5-13)23(19,20)14-3-2-6-16-9-14/h2-3,6,9-10,13H,4-5,7-8,11H2,1H3. The Morgan fingerprint density at radius 2 is 2.17 bits per heavy atom. The van der Waals surface area contributed by atoms with Gasteiger partial charge in [-0.2, -0.15) is 4.31 Å². The number of pyridine rings is 1. The minimum Gasteiger partial charge on any atom is -0.263 e. The summed E-state index contributed by atoms with van der Waals surface area (Å²) in [5, 5.41) is 2.06. The highest BCUT2D eigenvalue weighted by molar-refractivity contribution is 8.01. The number of aryl methyl sites for hydroxylation is 1. The monoisotopic (exact) mass is 369 g/mol. The van der Waals surface area contributed by atoms with Crippen LogP contribution in [0.1, 0.15) is 18.5 Å². The van der Waals surface area contributed by atoms with Crippen molar-refractivity contribution in [2.24, 2.45) is 5.92 Å². The number of sulfonamides is 1. The summed E-state index contributed by atoms with van der Waals surface area (Å²) in [4.78, 5) is 8.65. The molecule has 0 aliphatic carbocycles. The topological polar surface area (TPSA) is 63.2 Å². The zero-order chi connectivity index (χ0) is 16.3. The van der Waals surface area contributed by atoms with E-state index >= 15 is 0 Å². The highest BCUT2D eigenvalue weighted by Crippen LogP contribution is 2.30. The molecule has 8 heteroatoms. The van der Waals surface area contributed by atoms with Crippen LogP contribution in [0, 0.1) is 12.8 Å². The van der Waals surface area contributed by atoms with E-state index in [2.05, 4.69) is 15.3 Å². The number of hydrogen-bond donors (Lipinski definition) is 0. The van der Waals surface area contributed by atoms with Gasteiger partial charge < -0.3 is 0 Å². The van der Waals surface area contributed by atoms with E-state index in [0.717, 1.165) is 28.6 Å². The third-order valence-electron chi connectivity index (χ3n) is 3.89. The van der Waals surface area contributed by atoms with E-state index in [9.17, 15) is 8.42 Å². The van der Waals surface area contributed by atoms with Crippen molar-refractivity contribution in [2.75, 3.05) is 18.8 Å². The fraction of sp³-hybridized carbons (Fsp3) is 0.467. The molecule has 0 bridgehead atoms. The van der Waals surface area contributed by atoms with Gasteiger partial charge in [0.2, 0.25) is 10.0 Å². The quantitative estimate of drug-likeness (QED) is 0.758. The first-order valence-electron chi connectivity index (χ1n) is 7.51. The third-order valence-corrected chi connectivity index (χ3v) is 8.14. The molecule has 1 aliphatic heterocycles. The van der Waals surface area contributed by atoms with Crippen molar-refractivity contribution in [3.05, 3.63) is 35.6 Å². The summed E-state index contributed by atoms with van der Waals surface area (Å²) in [5.41, 5.74) is 1.06. The lowest BCUT2D eigenvalue weighted by Gasteiger charge is -2.30. The Hall–Kier alpha value is -0.960. The predicted octanol–water partition coefficient (Wildman–Crippen LogP) is 3.04. The van der Waals surface area contributed by atoms with Crippen molar-refractivity contribution in [3.8, 4) is 0 Å². The molecule has 124 valence electrons. The Kier molecular flexibility index (Phi) is 5.35. The molecule has 1 fully saturated rings. The van der Waals surface area contributed by atoms with Crippen molar-refractivity contribution in [1.29, 1.82) is 0 Å². The molecule has 0 N–H and O–H groups in total. The molecule has 2 aromatic heterocycles. The zero-order valence-corrected chi connectivity index (χ0v) is 15.3. The maximum atomic E-state index is 12.5. The lowest BCUT2D eigenvalue weighted by Crippen LogP contribution is -2.38. The Morgan fingerprint density at radius 3 is 2.78 bits per heavy atom. The van der Waals surface area contributed by atoms with E-state index in [-0.39, 0.29) is 4.90 Å². The number of rotatable bonds is 5. The molecule has 0 aromatic carbocycles. The fourth-order valence-corrected chi connectivity index (χ4v) is 6.05. The summed E-state index contributed by atoms with van der Waals surface area (Å²) in [7, 11) is -3.40. The molecular formula is C15H19N3O2S3. The molecule has 23 heavy (non-hydrogen) atoms. The molecule has 0 radical (unpaired) electrons. The number of piperidine rings is 1. The van der Waals surface area contributed by atoms with Crippen LogP contribution >= 0.6 is 23.1 Å². The van der Waals surface area contributed by atoms with Gasteiger partial charge in [-0.3, -0.25) is 4.98 Å². The number of thiazole rings is 1. The van der Waals surface area contributed by atoms with E-state index in [1.165, 1.54) is 6.20 Å². The highest BCUT2D eigenvalue weighted by Gasteiger charge is 2.29. The van der Waals surface area contributed by atoms with Crippen LogP contribution in [-0.4, -0.2) is 41.5 Å². The predicted molar refractivity (Wildman–Crippen MR) is 93.3 cm³/mol. The van der Waals surface area contributed by atoms with Crippen molar-refractivity contribution < 1.29 is 8.42 Å². The van der Waals surface area contributed by atoms with Gasteiger partial charge >= 0.3 is 0 Å². The van der Waals surface area contributed by atoms with Crippen LogP contribution in [0.15, 0.2) is 39.1 Å². The van der Waals surface area contributed by atoms with Crippen molar-refractivity contribution in [1.82, 2.24) is 14.3 Å². The Bertz CT molecular complexity index is 738. The molecule has 3 heterocycles. The van der Waals surface area contributed by atoms with Crippen molar-refractivity contribution in [3.63, 3.8) is 0 Å². The second-order valence-electron chi connectivity index (χ2n) is 5.60. The maximum absolute atomic E-state index is 12.5. The van der Waals surface area contributed by atoms with E-state index in [1.807, 2.05) is 6.92 Å². The number of aromatic nitrogens is 2. The Morgan fingerprint density at radius 1 is 1.39 bits per heavy atom. The van der Waals surface area contributed by atoms with Gasteiger partial charge in [0.15, 0.2) is 0 Å². The summed E-state index contributed by atoms with van der Waals surface area (Å²) in [6.07, 6.45) is 4.80. The van der Waals surface area contributed by atoms with Crippen LogP contribution in [0.3, 0.4) is 0 Å². The summed E-state index contributed by atoms with van der Waals surface area (Å²) < 4.78 is 27.8. The Balaban J connectivity index is 1.54. The molecule has 0 amide bonds. The smallest absolute Gasteiger partial charge is 0.244 e. The van der Waals surface area contributed by atoms with Gasteiger partial charge in [-0.05, 0) is 37.8 Å². The summed E-state index contributed by atoms with van der Waals surface area (Å²) in [6.45, 7) is 3.17. The Labute approximate surface area is 145 Å². The summed E-state index contributed by atoms with van der Waals surface area (Å²) in [6, 6.07) is 3.27. The van der Waals surface area contributed by atoms with Crippen molar-refractivity contribution >= 4 is 33.1 Å². The maximum Gasteiger partial charge on any atom is 0.244 e. The lowest BCUT2D eigenvalue weighted by atomic mass is 10.0. The molecule has 0 saturated carbocycles. The lowest BCUT2D eigenvalue weighted by molar-refractivity contribution is 0.291. The van der Waals surface area contributed by atoms with E-state index < -0.39 is 10.0 Å². The van der Waals surface area contributed by atoms with Crippen LogP contribution in [0.2, 0.25) is 0 Å². The number of hydrogen-bond acceptors (Lipinski definition) is 6. The second kappa shape index (κ2) is 7.29. The van der Waals surface area contributed by atoms with Crippen LogP contribution in [0.4, 0.5) is 0 Å². The van der Waals surface area contributed by atoms with Gasteiger partial charge in [0.25, 0.3) is 0 Å². The molecule has 2 aromatic rings. The molecule has 3 rings (SSSR count). The summed E-state index contributed by atoms with van der Waals surface area (Å²) >= 11 is 3.46. The third kappa shape index (κ3) is 4.12. The fourth-order valence-electron chi connectivity index (χ4n) is 2.55. The van der Waals surface area contributed by atoms with E-state index in [0.29, 0.717) is 19.0 Å². The number of thioether (sulfide) groups is 1. The van der Waals surface area contributed by atoms with Gasteiger partial charge in [-0.15, -0.1) is 11.3 Å². The first kappa shape index (κ1) is 16.9. The largest absolute Gasteiger partial charge is 0.263 e. The van der Waals surface area contributed by atoms with Gasteiger partial charge in [0, 0.05) is 42.3 Å². The second-order valence-corrected chi connectivity index (χ2v) is 9.67. The average Bonchev–Trinajstić information content (AvgIpc) is 3.00. The summed E-state index contributed by atoms with van der Waals surface area (Å²) in [5.74, 6) is 1.55. The molecular weight excluding hydrogens is 350 g/mol. The normalized spacial score (nSPS) is 17.4. The molecule has 1 saturated heterocycles. The SMILES string of the molecule is Cc1csc(SCC2CCN(S(=O)(=O)c3cccnc3)CC2)n1. The molecule has 5 nitrogen and oxygen atoms in total. The van der Waals surface area contributed by atoms with Gasteiger partial charge in [-0.1, -0.05) is 11.8 Å². The van der Waals surface area contributed by atoms with Crippen LogP contribution < -0.4 is 0 Å². The first-order chi connectivity index (χ1) is 11.1. The molecule has 1 aliphatic rings. The van der Waals surface area contributed by atoms with Gasteiger partial charge in [0.1, 0.15) is 9.24 Å². The minimum atomic E-state index is -3.40. The van der Waals surface area contributed by atoms with Crippen LogP contribution in [-0.2, 0) is 10.0 Å². The minimum absolute atomic E-state index is 0.283. The van der Waals surface area contributed by atoms with E-state index in [1.54, 1.807) is 45.7 Å². The van der Waals surface area contributed by atoms with Crippen LogP contribution in [0.5, 0.6) is 0 Å². The average molecular weight is 370 g/mol. The van der Waals surface area contributed by atoms with Crippen molar-refractivity contribution in [2.45, 2.75) is 29.0 Å². The highest BCUT2D eigenvalue weighted by atomic mass is 32.2. The van der Waals surface area contributed by atoms with Gasteiger partial charge in [0.05, 0.1) is 0 Å². The molecule has 0 unspecified atom stereocenters. The van der Waals surface area contributed by atoms with Crippen LogP contribution in [0.25, 0.3) is 0 Å². The molecule has 0 atom stereocenters. The zero-order valence-electron chi connectivity index (χ0n) is 12.9. The van der Waals surface area contributed by atoms with E-state index in [4.69, 9.17) is 0 Å². The molecule has 0 spiro atoms. The van der Waals surface area contributed by atoms with Gasteiger partial charge in [-0.25, -0.2) is 13.4 Å². The first-order valence-corrected chi connectivity index (χ1v) is 10.8. The number of nitrogens with zero attached hydrogens (tertiary/aromatic N) is 3.